The van der Waals surface area contributed by atoms with Crippen LogP contribution < -0.4 is 0 Å². The van der Waals surface area contributed by atoms with Gasteiger partial charge in [0.15, 0.2) is 5.16 Å². The van der Waals surface area contributed by atoms with Gasteiger partial charge in [-0.2, -0.15) is 0 Å². The van der Waals surface area contributed by atoms with Gasteiger partial charge in [0.25, 0.3) is 0 Å². The summed E-state index contributed by atoms with van der Waals surface area (Å²) in [6.07, 6.45) is 1.61. The Morgan fingerprint density at radius 3 is 2.77 bits per heavy atom. The second-order valence-corrected chi connectivity index (χ2v) is 6.39. The molecule has 3 aromatic rings. The van der Waals surface area contributed by atoms with Crippen LogP contribution in [-0.4, -0.2) is 27.7 Å². The van der Waals surface area contributed by atoms with E-state index in [1.165, 1.54) is 31.0 Å². The van der Waals surface area contributed by atoms with Crippen LogP contribution in [0.1, 0.15) is 27.6 Å². The number of furan rings is 1. The molecule has 1 aromatic carbocycles. The third kappa shape index (κ3) is 4.14. The van der Waals surface area contributed by atoms with E-state index >= 15 is 0 Å². The average molecular weight is 376 g/mol. The van der Waals surface area contributed by atoms with E-state index in [9.17, 15) is 14.3 Å². The number of hydrogen-bond acceptors (Lipinski definition) is 6. The minimum absolute atomic E-state index is 0.147. The standard InChI is InChI=1S/C18H17FN2O4S/c1-24-17(23)16-7-6-15(25-16)11-26-18-20-8-14(10-22)21(18)9-12-2-4-13(19)5-3-12/h2-8,22H,9-11H2,1H3. The molecule has 0 aliphatic rings. The van der Waals surface area contributed by atoms with Gasteiger partial charge >= 0.3 is 5.97 Å². The van der Waals surface area contributed by atoms with Gasteiger partial charge < -0.3 is 18.8 Å². The van der Waals surface area contributed by atoms with Crippen LogP contribution in [0.3, 0.4) is 0 Å². The molecule has 6 nitrogen and oxygen atoms in total. The lowest BCUT2D eigenvalue weighted by Gasteiger charge is -2.10. The maximum absolute atomic E-state index is 13.1. The summed E-state index contributed by atoms with van der Waals surface area (Å²) < 4.78 is 25.0. The molecule has 0 saturated heterocycles. The summed E-state index contributed by atoms with van der Waals surface area (Å²) in [5.74, 6) is 0.394. The Balaban J connectivity index is 1.73. The van der Waals surface area contributed by atoms with Crippen LogP contribution in [0.5, 0.6) is 0 Å². The maximum atomic E-state index is 13.1. The Bertz CT molecular complexity index is 889. The van der Waals surface area contributed by atoms with Crippen molar-refractivity contribution in [1.82, 2.24) is 9.55 Å². The number of esters is 1. The SMILES string of the molecule is COC(=O)c1ccc(CSc2ncc(CO)n2Cc2ccc(F)cc2)o1. The molecule has 26 heavy (non-hydrogen) atoms. The number of ether oxygens (including phenoxy) is 1. The van der Waals surface area contributed by atoms with Crippen molar-refractivity contribution in [3.8, 4) is 0 Å². The summed E-state index contributed by atoms with van der Waals surface area (Å²) >= 11 is 1.41. The Hall–Kier alpha value is -2.58. The molecule has 0 aliphatic carbocycles. The van der Waals surface area contributed by atoms with E-state index in [1.54, 1.807) is 30.5 Å². The Morgan fingerprint density at radius 2 is 2.08 bits per heavy atom. The number of aromatic nitrogens is 2. The maximum Gasteiger partial charge on any atom is 0.373 e. The monoisotopic (exact) mass is 376 g/mol. The molecule has 2 aromatic heterocycles. The predicted molar refractivity (Wildman–Crippen MR) is 93.3 cm³/mol. The highest BCUT2D eigenvalue weighted by Gasteiger charge is 2.14. The molecule has 0 aliphatic heterocycles. The highest BCUT2D eigenvalue weighted by molar-refractivity contribution is 7.98. The van der Waals surface area contributed by atoms with Gasteiger partial charge in [0.2, 0.25) is 5.76 Å². The smallest absolute Gasteiger partial charge is 0.373 e. The predicted octanol–water partition coefficient (Wildman–Crippen LogP) is 3.23. The first-order valence-electron chi connectivity index (χ1n) is 7.80. The summed E-state index contributed by atoms with van der Waals surface area (Å²) in [5, 5.41) is 10.2. The van der Waals surface area contributed by atoms with Gasteiger partial charge in [-0.1, -0.05) is 23.9 Å². The average Bonchev–Trinajstić information content (AvgIpc) is 3.28. The minimum atomic E-state index is -0.526. The zero-order valence-corrected chi connectivity index (χ0v) is 14.8. The molecule has 0 spiro atoms. The third-order valence-electron chi connectivity index (χ3n) is 3.71. The van der Waals surface area contributed by atoms with E-state index in [0.29, 0.717) is 28.9 Å². The molecule has 2 heterocycles. The van der Waals surface area contributed by atoms with Crippen LogP contribution >= 0.6 is 11.8 Å². The number of aliphatic hydroxyl groups excluding tert-OH is 1. The fraction of sp³-hybridized carbons (Fsp3) is 0.222. The molecule has 0 bridgehead atoms. The molecule has 0 radical (unpaired) electrons. The summed E-state index contributed by atoms with van der Waals surface area (Å²) in [5.41, 5.74) is 1.55. The van der Waals surface area contributed by atoms with E-state index in [-0.39, 0.29) is 18.2 Å². The third-order valence-corrected chi connectivity index (χ3v) is 4.72. The molecule has 0 saturated carbocycles. The van der Waals surface area contributed by atoms with E-state index in [1.807, 2.05) is 4.57 Å². The number of nitrogens with zero attached hydrogens (tertiary/aromatic N) is 2. The summed E-state index contributed by atoms with van der Waals surface area (Å²) in [6, 6.07) is 9.45. The number of hydrogen-bond donors (Lipinski definition) is 1. The Kier molecular flexibility index (Phi) is 5.75. The second kappa shape index (κ2) is 8.20. The molecule has 0 amide bonds. The number of thioether (sulfide) groups is 1. The molecule has 1 N–H and O–H groups in total. The van der Waals surface area contributed by atoms with Gasteiger partial charge in [-0.3, -0.25) is 0 Å². The Morgan fingerprint density at radius 1 is 1.31 bits per heavy atom. The fourth-order valence-electron chi connectivity index (χ4n) is 2.38. The lowest BCUT2D eigenvalue weighted by molar-refractivity contribution is 0.0563. The summed E-state index contributed by atoms with van der Waals surface area (Å²) in [4.78, 5) is 15.8. The number of halogens is 1. The van der Waals surface area contributed by atoms with Crippen molar-refractivity contribution in [2.75, 3.05) is 7.11 Å². The molecule has 0 unspecified atom stereocenters. The van der Waals surface area contributed by atoms with Crippen molar-refractivity contribution in [3.05, 3.63) is 71.2 Å². The van der Waals surface area contributed by atoms with Crippen molar-refractivity contribution in [2.24, 2.45) is 0 Å². The van der Waals surface area contributed by atoms with E-state index in [4.69, 9.17) is 4.42 Å². The van der Waals surface area contributed by atoms with Crippen molar-refractivity contribution < 1.29 is 23.4 Å². The van der Waals surface area contributed by atoms with Crippen LogP contribution in [0.4, 0.5) is 4.39 Å². The van der Waals surface area contributed by atoms with Crippen LogP contribution in [0, 0.1) is 5.82 Å². The van der Waals surface area contributed by atoms with E-state index in [0.717, 1.165) is 5.56 Å². The topological polar surface area (TPSA) is 77.5 Å². The van der Waals surface area contributed by atoms with Crippen molar-refractivity contribution >= 4 is 17.7 Å². The number of aliphatic hydroxyl groups is 1. The molecular weight excluding hydrogens is 359 g/mol. The van der Waals surface area contributed by atoms with Gasteiger partial charge in [-0.25, -0.2) is 14.2 Å². The first-order chi connectivity index (χ1) is 12.6. The number of imidazole rings is 1. The van der Waals surface area contributed by atoms with Gasteiger partial charge in [0.05, 0.1) is 31.4 Å². The summed E-state index contributed by atoms with van der Waals surface area (Å²) in [7, 11) is 1.29. The largest absolute Gasteiger partial charge is 0.463 e. The highest BCUT2D eigenvalue weighted by Crippen LogP contribution is 2.25. The zero-order valence-electron chi connectivity index (χ0n) is 14.0. The van der Waals surface area contributed by atoms with Gasteiger partial charge in [0.1, 0.15) is 11.6 Å². The lowest BCUT2D eigenvalue weighted by Crippen LogP contribution is -2.06. The zero-order chi connectivity index (χ0) is 18.5. The van der Waals surface area contributed by atoms with Crippen molar-refractivity contribution in [3.63, 3.8) is 0 Å². The van der Waals surface area contributed by atoms with Crippen LogP contribution in [0.2, 0.25) is 0 Å². The number of benzene rings is 1. The van der Waals surface area contributed by atoms with E-state index < -0.39 is 5.97 Å². The second-order valence-electron chi connectivity index (χ2n) is 5.45. The number of rotatable bonds is 7. The van der Waals surface area contributed by atoms with E-state index in [2.05, 4.69) is 9.72 Å². The Labute approximate surface area is 153 Å². The van der Waals surface area contributed by atoms with Gasteiger partial charge in [-0.05, 0) is 29.8 Å². The van der Waals surface area contributed by atoms with Gasteiger partial charge in [0, 0.05) is 6.54 Å². The highest BCUT2D eigenvalue weighted by atomic mass is 32.2. The molecule has 0 atom stereocenters. The molecule has 136 valence electrons. The number of carbonyl (C=O) groups is 1. The lowest BCUT2D eigenvalue weighted by atomic mass is 10.2. The van der Waals surface area contributed by atoms with Gasteiger partial charge in [-0.15, -0.1) is 0 Å². The number of carbonyl (C=O) groups excluding carboxylic acids is 1. The van der Waals surface area contributed by atoms with Crippen LogP contribution in [0.25, 0.3) is 0 Å². The molecule has 3 rings (SSSR count). The molecule has 0 fully saturated rings. The summed E-state index contributed by atoms with van der Waals surface area (Å²) in [6.45, 7) is 0.312. The number of methoxy groups -OCH3 is 1. The quantitative estimate of drug-likeness (QED) is 0.504. The van der Waals surface area contributed by atoms with Crippen LogP contribution in [-0.2, 0) is 23.6 Å². The fourth-order valence-corrected chi connectivity index (χ4v) is 3.27. The molecule has 8 heteroatoms. The van der Waals surface area contributed by atoms with Crippen molar-refractivity contribution in [2.45, 2.75) is 24.1 Å². The normalized spacial score (nSPS) is 10.9. The first kappa shape index (κ1) is 18.2. The van der Waals surface area contributed by atoms with Crippen LogP contribution in [0.15, 0.2) is 52.2 Å². The first-order valence-corrected chi connectivity index (χ1v) is 8.78. The molecular formula is C18H17FN2O4S. The van der Waals surface area contributed by atoms with Crippen molar-refractivity contribution in [1.29, 1.82) is 0 Å². The minimum Gasteiger partial charge on any atom is -0.463 e.